The number of aliphatic imine (C=N–C) groups is 1. The van der Waals surface area contributed by atoms with Crippen LogP contribution in [0.25, 0.3) is 0 Å². The van der Waals surface area contributed by atoms with Crippen molar-refractivity contribution in [3.8, 4) is 0 Å². The van der Waals surface area contributed by atoms with E-state index in [1.807, 2.05) is 0 Å². The van der Waals surface area contributed by atoms with Crippen molar-refractivity contribution < 1.29 is 0 Å². The fraction of sp³-hybridized carbons (Fsp3) is 0.950. The van der Waals surface area contributed by atoms with E-state index in [1.54, 1.807) is 0 Å². The van der Waals surface area contributed by atoms with Gasteiger partial charge in [0.25, 0.3) is 0 Å². The van der Waals surface area contributed by atoms with Crippen LogP contribution in [0.1, 0.15) is 110 Å². The first kappa shape index (κ1) is 20.3. The molecule has 0 heterocycles. The van der Waals surface area contributed by atoms with E-state index in [9.17, 15) is 0 Å². The van der Waals surface area contributed by atoms with Gasteiger partial charge >= 0.3 is 0 Å². The van der Waals surface area contributed by atoms with Gasteiger partial charge in [0, 0.05) is 12.6 Å². The van der Waals surface area contributed by atoms with Crippen molar-refractivity contribution in [3.63, 3.8) is 0 Å². The maximum absolute atomic E-state index is 5.97. The zero-order valence-electron chi connectivity index (χ0n) is 15.6. The number of nitrogens with two attached hydrogens (primary N) is 1. The highest BCUT2D eigenvalue weighted by atomic mass is 15.1. The molecule has 3 nitrogen and oxygen atoms in total. The second-order valence-corrected chi connectivity index (χ2v) is 7.28. The van der Waals surface area contributed by atoms with Crippen LogP contribution in [0.2, 0.25) is 0 Å². The second-order valence-electron chi connectivity index (χ2n) is 7.28. The van der Waals surface area contributed by atoms with Gasteiger partial charge in [-0.05, 0) is 19.3 Å². The molecule has 0 radical (unpaired) electrons. The third-order valence-electron chi connectivity index (χ3n) is 5.00. The Morgan fingerprint density at radius 2 is 1.35 bits per heavy atom. The van der Waals surface area contributed by atoms with Crippen LogP contribution in [0.15, 0.2) is 4.99 Å². The summed E-state index contributed by atoms with van der Waals surface area (Å²) in [4.78, 5) is 4.48. The van der Waals surface area contributed by atoms with Crippen molar-refractivity contribution in [3.05, 3.63) is 0 Å². The van der Waals surface area contributed by atoms with Crippen molar-refractivity contribution in [2.75, 3.05) is 6.54 Å². The molecule has 3 N–H and O–H groups in total. The number of nitrogens with zero attached hydrogens (tertiary/aromatic N) is 1. The number of rotatable bonds is 13. The molecule has 23 heavy (non-hydrogen) atoms. The quantitative estimate of drug-likeness (QED) is 0.266. The van der Waals surface area contributed by atoms with Gasteiger partial charge in [-0.1, -0.05) is 90.4 Å². The van der Waals surface area contributed by atoms with Crippen LogP contribution in [0.5, 0.6) is 0 Å². The van der Waals surface area contributed by atoms with Crippen LogP contribution in [-0.4, -0.2) is 18.5 Å². The van der Waals surface area contributed by atoms with Crippen LogP contribution < -0.4 is 11.1 Å². The highest BCUT2D eigenvalue weighted by Gasteiger charge is 2.12. The zero-order chi connectivity index (χ0) is 16.6. The Morgan fingerprint density at radius 1 is 0.826 bits per heavy atom. The second kappa shape index (κ2) is 14.8. The Balaban J connectivity index is 1.83. The van der Waals surface area contributed by atoms with E-state index in [-0.39, 0.29) is 0 Å². The van der Waals surface area contributed by atoms with Crippen LogP contribution in [-0.2, 0) is 0 Å². The largest absolute Gasteiger partial charge is 0.370 e. The first-order chi connectivity index (χ1) is 11.3. The van der Waals surface area contributed by atoms with Gasteiger partial charge in [0.1, 0.15) is 0 Å². The minimum absolute atomic E-state index is 0.574. The molecular weight excluding hydrogens is 282 g/mol. The van der Waals surface area contributed by atoms with Gasteiger partial charge in [0.15, 0.2) is 5.96 Å². The first-order valence-electron chi connectivity index (χ1n) is 10.4. The zero-order valence-corrected chi connectivity index (χ0v) is 15.6. The van der Waals surface area contributed by atoms with Crippen LogP contribution in [0.4, 0.5) is 0 Å². The van der Waals surface area contributed by atoms with Gasteiger partial charge in [-0.3, -0.25) is 4.99 Å². The minimum Gasteiger partial charge on any atom is -0.370 e. The first-order valence-corrected chi connectivity index (χ1v) is 10.4. The normalized spacial score (nSPS) is 16.7. The monoisotopic (exact) mass is 323 g/mol. The smallest absolute Gasteiger partial charge is 0.188 e. The molecule has 3 heteroatoms. The minimum atomic E-state index is 0.574. The summed E-state index contributed by atoms with van der Waals surface area (Å²) in [5.41, 5.74) is 5.97. The van der Waals surface area contributed by atoms with Crippen molar-refractivity contribution in [2.24, 2.45) is 10.7 Å². The molecular formula is C20H41N3. The van der Waals surface area contributed by atoms with Gasteiger partial charge in [-0.15, -0.1) is 0 Å². The van der Waals surface area contributed by atoms with E-state index >= 15 is 0 Å². The van der Waals surface area contributed by atoms with Gasteiger partial charge < -0.3 is 11.1 Å². The lowest BCUT2D eigenvalue weighted by molar-refractivity contribution is 0.412. The van der Waals surface area contributed by atoms with E-state index in [1.165, 1.54) is 103 Å². The summed E-state index contributed by atoms with van der Waals surface area (Å²) in [6.07, 6.45) is 21.7. The molecule has 0 unspecified atom stereocenters. The van der Waals surface area contributed by atoms with Gasteiger partial charge in [0.2, 0.25) is 0 Å². The average molecular weight is 324 g/mol. The number of hydrogen-bond acceptors (Lipinski definition) is 1. The molecule has 1 aliphatic rings. The molecule has 0 aromatic rings. The van der Waals surface area contributed by atoms with Crippen LogP contribution >= 0.6 is 0 Å². The molecule has 136 valence electrons. The Bertz CT molecular complexity index is 283. The number of unbranched alkanes of at least 4 members (excludes halogenated alkanes) is 10. The number of guanidine groups is 1. The van der Waals surface area contributed by atoms with Crippen LogP contribution in [0, 0.1) is 0 Å². The molecule has 0 atom stereocenters. The Kier molecular flexibility index (Phi) is 13.1. The number of hydrogen-bond donors (Lipinski definition) is 2. The van der Waals surface area contributed by atoms with Crippen LogP contribution in [0.3, 0.4) is 0 Å². The fourth-order valence-electron chi connectivity index (χ4n) is 3.48. The molecule has 0 amide bonds. The molecule has 1 rings (SSSR count). The van der Waals surface area contributed by atoms with Gasteiger partial charge in [-0.2, -0.15) is 0 Å². The van der Waals surface area contributed by atoms with Crippen molar-refractivity contribution >= 4 is 5.96 Å². The lowest BCUT2D eigenvalue weighted by Gasteiger charge is -2.23. The molecule has 1 aliphatic carbocycles. The van der Waals surface area contributed by atoms with E-state index in [4.69, 9.17) is 5.73 Å². The summed E-state index contributed by atoms with van der Waals surface area (Å²) in [6, 6.07) is 0.574. The molecule has 0 saturated heterocycles. The third-order valence-corrected chi connectivity index (χ3v) is 5.00. The predicted octanol–water partition coefficient (Wildman–Crippen LogP) is 5.53. The lowest BCUT2D eigenvalue weighted by atomic mass is 9.96. The summed E-state index contributed by atoms with van der Waals surface area (Å²) < 4.78 is 0. The molecule has 0 bridgehead atoms. The van der Waals surface area contributed by atoms with E-state index in [0.29, 0.717) is 12.0 Å². The van der Waals surface area contributed by atoms with Gasteiger partial charge in [-0.25, -0.2) is 0 Å². The van der Waals surface area contributed by atoms with Crippen molar-refractivity contribution in [2.45, 2.75) is 116 Å². The lowest BCUT2D eigenvalue weighted by Crippen LogP contribution is -2.41. The van der Waals surface area contributed by atoms with Crippen molar-refractivity contribution in [1.82, 2.24) is 5.32 Å². The molecule has 0 aromatic carbocycles. The van der Waals surface area contributed by atoms with Gasteiger partial charge in [0.05, 0.1) is 0 Å². The maximum Gasteiger partial charge on any atom is 0.188 e. The maximum atomic E-state index is 5.97. The highest BCUT2D eigenvalue weighted by molar-refractivity contribution is 5.78. The fourth-order valence-corrected chi connectivity index (χ4v) is 3.48. The predicted molar refractivity (Wildman–Crippen MR) is 103 cm³/mol. The Hall–Kier alpha value is -0.730. The summed E-state index contributed by atoms with van der Waals surface area (Å²) in [6.45, 7) is 3.17. The summed E-state index contributed by atoms with van der Waals surface area (Å²) in [7, 11) is 0. The molecule has 0 spiro atoms. The molecule has 0 aromatic heterocycles. The Morgan fingerprint density at radius 3 is 1.91 bits per heavy atom. The third kappa shape index (κ3) is 12.4. The highest BCUT2D eigenvalue weighted by Crippen LogP contribution is 2.17. The molecule has 1 fully saturated rings. The standard InChI is InChI=1S/C20H41N3/c1-2-3-4-5-6-7-8-9-10-11-15-18-22-20(21)23-19-16-13-12-14-17-19/h19H,2-18H2,1H3,(H3,21,22,23). The average Bonchev–Trinajstić information content (AvgIpc) is 2.57. The SMILES string of the molecule is CCCCCCCCCCCCCN=C(N)NC1CCCCC1. The van der Waals surface area contributed by atoms with E-state index in [2.05, 4.69) is 17.2 Å². The van der Waals surface area contributed by atoms with Crippen molar-refractivity contribution in [1.29, 1.82) is 0 Å². The summed E-state index contributed by atoms with van der Waals surface area (Å²) in [5, 5.41) is 3.39. The summed E-state index contributed by atoms with van der Waals surface area (Å²) in [5.74, 6) is 0.670. The van der Waals surface area contributed by atoms with E-state index < -0.39 is 0 Å². The summed E-state index contributed by atoms with van der Waals surface area (Å²) >= 11 is 0. The number of nitrogens with one attached hydrogen (secondary N) is 1. The molecule has 1 saturated carbocycles. The topological polar surface area (TPSA) is 50.4 Å². The van der Waals surface area contributed by atoms with E-state index in [0.717, 1.165) is 6.54 Å². The molecule has 0 aliphatic heterocycles. The Labute approximate surface area is 144 Å².